The number of allylic oxidation sites excluding steroid dienone is 2. The van der Waals surface area contributed by atoms with Gasteiger partial charge >= 0.3 is 0 Å². The van der Waals surface area contributed by atoms with Crippen molar-refractivity contribution in [2.24, 2.45) is 11.8 Å². The van der Waals surface area contributed by atoms with E-state index in [9.17, 15) is 0 Å². The fourth-order valence-corrected chi connectivity index (χ4v) is 6.49. The summed E-state index contributed by atoms with van der Waals surface area (Å²) in [6.45, 7) is 4.03. The van der Waals surface area contributed by atoms with Crippen molar-refractivity contribution in [3.63, 3.8) is 0 Å². The molecule has 2 atom stereocenters. The second-order valence-corrected chi connectivity index (χ2v) is 8.09. The van der Waals surface area contributed by atoms with Gasteiger partial charge in [0.2, 0.25) is 0 Å². The maximum Gasteiger partial charge on any atom is 0.0784 e. The maximum absolute atomic E-state index is 4.99. The minimum Gasteiger partial charge on any atom is -0.505 e. The quantitative estimate of drug-likeness (QED) is 0.556. The van der Waals surface area contributed by atoms with E-state index < -0.39 is 0 Å². The van der Waals surface area contributed by atoms with Crippen LogP contribution in [0.4, 0.5) is 0 Å². The summed E-state index contributed by atoms with van der Waals surface area (Å²) in [5.74, 6) is 4.14. The summed E-state index contributed by atoms with van der Waals surface area (Å²) in [4.78, 5) is 0. The highest BCUT2D eigenvalue weighted by Crippen LogP contribution is 2.57. The molecule has 0 aromatic rings. The average Bonchev–Trinajstić information content (AvgIpc) is 2.68. The fourth-order valence-electron chi connectivity index (χ4n) is 2.87. The molecule has 96 valence electrons. The molecule has 1 saturated carbocycles. The molecule has 2 rings (SSSR count). The first-order valence-electron chi connectivity index (χ1n) is 6.38. The molecule has 17 heavy (non-hydrogen) atoms. The second kappa shape index (κ2) is 6.24. The monoisotopic (exact) mass is 270 g/mol. The molecule has 1 heterocycles. The minimum atomic E-state index is 0.503. The highest BCUT2D eigenvalue weighted by molar-refractivity contribution is 8.18. The lowest BCUT2D eigenvalue weighted by Gasteiger charge is -2.32. The van der Waals surface area contributed by atoms with E-state index in [1.807, 2.05) is 6.26 Å². The van der Waals surface area contributed by atoms with Crippen LogP contribution in [-0.2, 0) is 4.74 Å². The molecule has 0 aromatic heterocycles. The molecule has 0 aromatic carbocycles. The van der Waals surface area contributed by atoms with Crippen LogP contribution in [0.2, 0.25) is 0 Å². The van der Waals surface area contributed by atoms with Gasteiger partial charge in [0.25, 0.3) is 0 Å². The van der Waals surface area contributed by atoms with Crippen LogP contribution in [0.15, 0.2) is 25.0 Å². The van der Waals surface area contributed by atoms with Gasteiger partial charge in [0, 0.05) is 0 Å². The van der Waals surface area contributed by atoms with Crippen LogP contribution < -0.4 is 0 Å². The van der Waals surface area contributed by atoms with Gasteiger partial charge in [0.05, 0.1) is 17.5 Å². The summed E-state index contributed by atoms with van der Waals surface area (Å²) in [5.41, 5.74) is 0. The highest BCUT2D eigenvalue weighted by Gasteiger charge is 2.45. The molecule has 1 nitrogen and oxygen atoms in total. The molecule has 2 aliphatic rings. The second-order valence-electron chi connectivity index (χ2n) is 4.87. The van der Waals surface area contributed by atoms with Crippen LogP contribution >= 0.6 is 23.5 Å². The van der Waals surface area contributed by atoms with Gasteiger partial charge in [-0.2, -0.15) is 0 Å². The SMILES string of the molecule is C=CC1CC2(CC1C/C=C/OC)SCCCS2. The molecule has 0 amide bonds. The largest absolute Gasteiger partial charge is 0.505 e. The van der Waals surface area contributed by atoms with Crippen LogP contribution in [0.3, 0.4) is 0 Å². The predicted octanol–water partition coefficient (Wildman–Crippen LogP) is 4.32. The van der Waals surface area contributed by atoms with Crippen LogP contribution in [0.25, 0.3) is 0 Å². The van der Waals surface area contributed by atoms with E-state index in [0.29, 0.717) is 10.00 Å². The van der Waals surface area contributed by atoms with E-state index in [-0.39, 0.29) is 0 Å². The predicted molar refractivity (Wildman–Crippen MR) is 79.4 cm³/mol. The first-order valence-corrected chi connectivity index (χ1v) is 8.35. The van der Waals surface area contributed by atoms with Crippen molar-refractivity contribution < 1.29 is 4.74 Å². The molecule has 1 aliphatic heterocycles. The van der Waals surface area contributed by atoms with Crippen molar-refractivity contribution in [1.29, 1.82) is 0 Å². The Kier molecular flexibility index (Phi) is 4.92. The average molecular weight is 270 g/mol. The Labute approximate surface area is 113 Å². The lowest BCUT2D eigenvalue weighted by atomic mass is 9.93. The number of thioether (sulfide) groups is 2. The Hall–Kier alpha value is -0.0200. The van der Waals surface area contributed by atoms with E-state index in [1.165, 1.54) is 30.8 Å². The van der Waals surface area contributed by atoms with Crippen molar-refractivity contribution >= 4 is 23.5 Å². The smallest absolute Gasteiger partial charge is 0.0784 e. The molecule has 0 N–H and O–H groups in total. The minimum absolute atomic E-state index is 0.503. The molecular formula is C14H22OS2. The molecule has 1 saturated heterocycles. The Morgan fingerprint density at radius 3 is 2.76 bits per heavy atom. The van der Waals surface area contributed by atoms with Crippen molar-refractivity contribution in [1.82, 2.24) is 0 Å². The van der Waals surface area contributed by atoms with Gasteiger partial charge in [-0.1, -0.05) is 6.08 Å². The number of methoxy groups -OCH3 is 1. The summed E-state index contributed by atoms with van der Waals surface area (Å²) < 4.78 is 5.49. The summed E-state index contributed by atoms with van der Waals surface area (Å²) >= 11 is 4.39. The summed E-state index contributed by atoms with van der Waals surface area (Å²) in [7, 11) is 1.71. The van der Waals surface area contributed by atoms with Crippen LogP contribution in [0, 0.1) is 11.8 Å². The number of rotatable bonds is 4. The first-order chi connectivity index (χ1) is 8.29. The Bertz CT molecular complexity index is 282. The van der Waals surface area contributed by atoms with Gasteiger partial charge in [-0.3, -0.25) is 0 Å². The Balaban J connectivity index is 1.97. The Morgan fingerprint density at radius 2 is 2.12 bits per heavy atom. The van der Waals surface area contributed by atoms with Gasteiger partial charge in [0.1, 0.15) is 0 Å². The lowest BCUT2D eigenvalue weighted by Crippen LogP contribution is -2.21. The highest BCUT2D eigenvalue weighted by atomic mass is 32.2. The topological polar surface area (TPSA) is 9.23 Å². The van der Waals surface area contributed by atoms with Crippen LogP contribution in [0.5, 0.6) is 0 Å². The third-order valence-corrected chi connectivity index (χ3v) is 7.13. The zero-order valence-corrected chi connectivity index (χ0v) is 12.2. The van der Waals surface area contributed by atoms with E-state index in [0.717, 1.165) is 12.3 Å². The maximum atomic E-state index is 4.99. The van der Waals surface area contributed by atoms with E-state index >= 15 is 0 Å². The van der Waals surface area contributed by atoms with Crippen molar-refractivity contribution in [3.8, 4) is 0 Å². The lowest BCUT2D eigenvalue weighted by molar-refractivity contribution is 0.333. The number of hydrogen-bond acceptors (Lipinski definition) is 3. The van der Waals surface area contributed by atoms with Crippen molar-refractivity contribution in [2.75, 3.05) is 18.6 Å². The van der Waals surface area contributed by atoms with Crippen LogP contribution in [-0.4, -0.2) is 22.7 Å². The zero-order chi connectivity index (χ0) is 12.1. The molecule has 1 spiro atoms. The van der Waals surface area contributed by atoms with Gasteiger partial charge in [0.15, 0.2) is 0 Å². The van der Waals surface area contributed by atoms with Crippen LogP contribution in [0.1, 0.15) is 25.7 Å². The molecule has 0 bridgehead atoms. The van der Waals surface area contributed by atoms with Gasteiger partial charge in [-0.25, -0.2) is 0 Å². The van der Waals surface area contributed by atoms with E-state index in [4.69, 9.17) is 4.74 Å². The number of hydrogen-bond donors (Lipinski definition) is 0. The van der Waals surface area contributed by atoms with Gasteiger partial charge in [-0.05, 0) is 55.1 Å². The Morgan fingerprint density at radius 1 is 1.35 bits per heavy atom. The van der Waals surface area contributed by atoms with Gasteiger partial charge < -0.3 is 4.74 Å². The zero-order valence-electron chi connectivity index (χ0n) is 10.6. The number of ether oxygens (including phenoxy) is 1. The molecule has 0 radical (unpaired) electrons. The molecule has 1 aliphatic carbocycles. The summed E-state index contributed by atoms with van der Waals surface area (Å²) in [6, 6.07) is 0. The van der Waals surface area contributed by atoms with E-state index in [2.05, 4.69) is 42.3 Å². The molecule has 3 heteroatoms. The third kappa shape index (κ3) is 3.25. The van der Waals surface area contributed by atoms with Crippen molar-refractivity contribution in [2.45, 2.75) is 29.8 Å². The fraction of sp³-hybridized carbons (Fsp3) is 0.714. The molecule has 2 fully saturated rings. The first kappa shape index (κ1) is 13.4. The van der Waals surface area contributed by atoms with Gasteiger partial charge in [-0.15, -0.1) is 30.1 Å². The summed E-state index contributed by atoms with van der Waals surface area (Å²) in [5, 5.41) is 0. The normalized spacial score (nSPS) is 32.1. The standard InChI is InChI=1S/C14H22OS2/c1-3-12-10-14(16-8-5-9-17-14)11-13(12)6-4-7-15-2/h3-4,7,12-13H,1,5-6,8-11H2,2H3/b7-4+. The van der Waals surface area contributed by atoms with E-state index in [1.54, 1.807) is 7.11 Å². The molecule has 2 unspecified atom stereocenters. The van der Waals surface area contributed by atoms with Crippen molar-refractivity contribution in [3.05, 3.63) is 25.0 Å². The molecular weight excluding hydrogens is 248 g/mol. The summed E-state index contributed by atoms with van der Waals surface area (Å²) in [6.07, 6.45) is 11.3. The third-order valence-electron chi connectivity index (χ3n) is 3.72.